The minimum atomic E-state index is -2.75. The molecule has 0 aromatic rings. The van der Waals surface area contributed by atoms with Crippen molar-refractivity contribution in [2.45, 2.75) is 304 Å². The van der Waals surface area contributed by atoms with E-state index in [9.17, 15) is 152 Å². The Hall–Kier alpha value is -4.29. The van der Waals surface area contributed by atoms with Crippen molar-refractivity contribution >= 4 is 29.5 Å². The Labute approximate surface area is 652 Å². The van der Waals surface area contributed by atoms with Crippen molar-refractivity contribution in [3.8, 4) is 0 Å². The Morgan fingerprint density at radius 1 is 0.296 bits per heavy atom. The Morgan fingerprint density at radius 3 is 1.01 bits per heavy atom. The van der Waals surface area contributed by atoms with Crippen LogP contribution in [0.3, 0.4) is 0 Å². The molecule has 8 aliphatic rings. The molecule has 0 spiro atoms. The van der Waals surface area contributed by atoms with Gasteiger partial charge in [0, 0.05) is 34.6 Å². The van der Waals surface area contributed by atoms with Crippen LogP contribution >= 0.6 is 0 Å². The first-order chi connectivity index (χ1) is 54.4. The van der Waals surface area contributed by atoms with E-state index >= 15 is 0 Å². The molecule has 8 unspecified atom stereocenters. The van der Waals surface area contributed by atoms with Crippen molar-refractivity contribution < 1.29 is 227 Å². The number of hydrogen-bond donors (Lipinski definition) is 30. The summed E-state index contributed by atoms with van der Waals surface area (Å²) >= 11 is 0. The highest BCUT2D eigenvalue weighted by Gasteiger charge is 2.61. The second kappa shape index (κ2) is 43.0. The average Bonchev–Trinajstić information content (AvgIpc) is 0.755. The third-order valence-electron chi connectivity index (χ3n) is 20.4. The van der Waals surface area contributed by atoms with E-state index in [1.54, 1.807) is 0 Å². The van der Waals surface area contributed by atoms with Crippen molar-refractivity contribution in [2.24, 2.45) is 0 Å². The van der Waals surface area contributed by atoms with Crippen molar-refractivity contribution in [1.29, 1.82) is 0 Å². The lowest BCUT2D eigenvalue weighted by Crippen LogP contribution is -2.71. The van der Waals surface area contributed by atoms with E-state index in [1.165, 1.54) is 0 Å². The summed E-state index contributed by atoms with van der Waals surface area (Å²) in [5, 5.41) is 291. The van der Waals surface area contributed by atoms with Gasteiger partial charge >= 0.3 is 0 Å². The van der Waals surface area contributed by atoms with E-state index < -0.39 is 365 Å². The fourth-order valence-corrected chi connectivity index (χ4v) is 14.4. The average molecular weight is 1680 g/mol. The summed E-state index contributed by atoms with van der Waals surface area (Å²) in [4.78, 5) is 64.0. The third kappa shape index (κ3) is 22.3. The van der Waals surface area contributed by atoms with Gasteiger partial charge in [0.2, 0.25) is 29.5 Å². The van der Waals surface area contributed by atoms with E-state index in [1.807, 2.05) is 0 Å². The molecule has 8 aliphatic heterocycles. The van der Waals surface area contributed by atoms with Gasteiger partial charge in [0.25, 0.3) is 0 Å². The molecular weight excluding hydrogens is 1570 g/mol. The van der Waals surface area contributed by atoms with Gasteiger partial charge in [-0.1, -0.05) is 0 Å². The molecule has 8 rings (SSSR count). The zero-order valence-corrected chi connectivity index (χ0v) is 62.2. The summed E-state index contributed by atoms with van der Waals surface area (Å²) in [6.45, 7) is -6.99. The molecule has 666 valence electrons. The molecule has 0 aliphatic carbocycles. The van der Waals surface area contributed by atoms with Gasteiger partial charge in [-0.3, -0.25) is 24.0 Å². The van der Waals surface area contributed by atoms with Crippen LogP contribution in [0.25, 0.3) is 0 Å². The van der Waals surface area contributed by atoms with Gasteiger partial charge < -0.3 is 230 Å². The molecule has 30 N–H and O–H groups in total. The molecule has 8 heterocycles. The highest BCUT2D eigenvalue weighted by molar-refractivity contribution is 5.75. The zero-order valence-electron chi connectivity index (χ0n) is 62.2. The normalized spacial score (nSPS) is 45.0. The molecule has 51 nitrogen and oxygen atoms in total. The van der Waals surface area contributed by atoms with E-state index in [-0.39, 0.29) is 0 Å². The van der Waals surface area contributed by atoms with Crippen LogP contribution < -0.4 is 26.6 Å². The molecule has 115 heavy (non-hydrogen) atoms. The van der Waals surface area contributed by atoms with E-state index in [0.717, 1.165) is 34.6 Å². The molecule has 0 aromatic heterocycles. The quantitative estimate of drug-likeness (QED) is 0.0284. The zero-order chi connectivity index (χ0) is 85.2. The minimum Gasteiger partial charge on any atom is -0.394 e. The Morgan fingerprint density at radius 2 is 0.609 bits per heavy atom. The van der Waals surface area contributed by atoms with Crippen LogP contribution in [0.15, 0.2) is 0 Å². The van der Waals surface area contributed by atoms with Crippen LogP contribution in [-0.4, -0.2) is 493 Å². The van der Waals surface area contributed by atoms with Crippen molar-refractivity contribution in [3.05, 3.63) is 0 Å². The van der Waals surface area contributed by atoms with Crippen LogP contribution in [0.2, 0.25) is 0 Å². The second-order valence-electron chi connectivity index (χ2n) is 28.7. The first kappa shape index (κ1) is 96.2. The van der Waals surface area contributed by atoms with Crippen LogP contribution in [0.5, 0.6) is 0 Å². The van der Waals surface area contributed by atoms with Gasteiger partial charge in [0.1, 0.15) is 213 Å². The maximum Gasteiger partial charge on any atom is 0.217 e. The molecule has 51 heteroatoms. The van der Waals surface area contributed by atoms with Crippen LogP contribution in [0, 0.1) is 0 Å². The number of amides is 5. The van der Waals surface area contributed by atoms with Crippen LogP contribution in [0.1, 0.15) is 34.6 Å². The number of hydrogen-bond acceptors (Lipinski definition) is 46. The largest absolute Gasteiger partial charge is 0.394 e. The first-order valence-corrected chi connectivity index (χ1v) is 36.5. The number of nitrogens with one attached hydrogen (secondary N) is 5. The highest BCUT2D eigenvalue weighted by atomic mass is 16.8. The van der Waals surface area contributed by atoms with E-state index in [4.69, 9.17) is 75.8 Å². The van der Waals surface area contributed by atoms with Crippen molar-refractivity contribution in [1.82, 2.24) is 26.6 Å². The number of carbonyl (C=O) groups is 5. The SMILES string of the molecule is CC(=O)N[C@@H](CO)[C@@H](O)[C@H](OC1O[C@H](CO)[C@@H](OC2O[C@H](COC3O[C@H](CO)[C@@H](O)[C@H](O)[C@@H]3OC3O[C@H](CO)[C@@H](O)[C@H](O)[C@H]3NC(C)=O)[C@@H](OC3O[C@H](CO)[C@@H](O)[C@H](O)[C@H]3NC(C)=O)[C@H](OC3O[C@H](CO)[C@@H](O)[C@H](O)[C@@H]3OC3O[C@H](CO)[C@@H](OC4O[C@H](CO)[C@H](O)[C@H](O)[C@H]4O)[C@H](O)[C@H]3NC(C)=O)[C@@H]2O)[C@H](O)[C@H]1NC(C)=O)[C@H](O)CO. The van der Waals surface area contributed by atoms with Gasteiger partial charge in [-0.25, -0.2) is 0 Å². The number of aliphatic hydroxyl groups excluding tert-OH is 25. The maximum absolute atomic E-state index is 13.2. The molecular formula is C64H109N5O46. The number of carbonyl (C=O) groups excluding carboxylic acids is 5. The summed E-state index contributed by atoms with van der Waals surface area (Å²) in [6, 6.07) is -9.58. The van der Waals surface area contributed by atoms with Gasteiger partial charge in [-0.05, 0) is 0 Å². The fraction of sp³-hybridized carbons (Fsp3) is 0.922. The lowest BCUT2D eigenvalue weighted by atomic mass is 9.93. The van der Waals surface area contributed by atoms with Crippen molar-refractivity contribution in [2.75, 3.05) is 66.1 Å². The second-order valence-corrected chi connectivity index (χ2v) is 28.7. The maximum atomic E-state index is 13.2. The Bertz CT molecular complexity index is 3050. The smallest absolute Gasteiger partial charge is 0.217 e. The number of rotatable bonds is 34. The molecule has 0 saturated carbocycles. The molecule has 0 aromatic carbocycles. The van der Waals surface area contributed by atoms with Crippen LogP contribution in [-0.2, 0) is 99.8 Å². The molecule has 44 atom stereocenters. The lowest BCUT2D eigenvalue weighted by Gasteiger charge is -2.52. The fourth-order valence-electron chi connectivity index (χ4n) is 14.4. The van der Waals surface area contributed by atoms with Crippen LogP contribution in [0.4, 0.5) is 0 Å². The summed E-state index contributed by atoms with van der Waals surface area (Å²) in [5.41, 5.74) is 0. The van der Waals surface area contributed by atoms with E-state index in [0.29, 0.717) is 0 Å². The van der Waals surface area contributed by atoms with Gasteiger partial charge in [-0.2, -0.15) is 0 Å². The molecule has 0 bridgehead atoms. The Balaban J connectivity index is 1.28. The lowest BCUT2D eigenvalue weighted by molar-refractivity contribution is -0.408. The summed E-state index contributed by atoms with van der Waals surface area (Å²) < 4.78 is 97.6. The number of aliphatic hydroxyl groups is 25. The molecule has 5 amide bonds. The summed E-state index contributed by atoms with van der Waals surface area (Å²) in [6.07, 6.45) is -85.3. The van der Waals surface area contributed by atoms with Gasteiger partial charge in [-0.15, -0.1) is 0 Å². The first-order valence-electron chi connectivity index (χ1n) is 36.5. The summed E-state index contributed by atoms with van der Waals surface area (Å²) in [5.74, 6) is -4.72. The van der Waals surface area contributed by atoms with E-state index in [2.05, 4.69) is 26.6 Å². The third-order valence-corrected chi connectivity index (χ3v) is 20.4. The highest BCUT2D eigenvalue weighted by Crippen LogP contribution is 2.41. The topological polar surface area (TPSA) is 799 Å². The van der Waals surface area contributed by atoms with Gasteiger partial charge in [0.15, 0.2) is 50.3 Å². The minimum absolute atomic E-state index is 0.832. The monoisotopic (exact) mass is 1680 g/mol. The predicted molar refractivity (Wildman–Crippen MR) is 357 cm³/mol. The molecule has 8 saturated heterocycles. The predicted octanol–water partition coefficient (Wildman–Crippen LogP) is -20.3. The standard InChI is InChI=1S/C64H109N5O46/c1-16(79)65-21(6-70)35(85)50(22(84)7-71)109-59-33(68-19(4)82)43(93)52(29(14-78)106-59)111-62-49(99)54(113-64-56(47(97)40(90)27(12-76)105-64)115-60-34(69-20(5)83)44(94)51(28(13-77)107-60)110-61-48(98)45(95)38(88)25(10-74)103-61)53(112-57-31(66-17(2)80)41(91)36(86)23(8-72)101-57)30(108-62)15-100-63-55(46(96)39(89)26(11-75)104-63)114-58-32(67-18(3)81)42(92)37(87)24(9-73)102-58/h21-64,70-78,84-99H,6-15H2,1-5H3,(H,65,79)(H,66,80)(H,67,81)(H,68,82)(H,69,83)/t21-,22+,23+,24+,25+,26+,27+,28+,29+,30+,31+,32+,33+,34+,35+,36+,37+,38-,39+,40+,41+,42+,43+,44+,45-,46-,47-,48+,49-,50+,51+,52+,53+,54+,55-,56-,57?,58?,59?,60?,61?,62?,63?,64?/m0/s1. The Kier molecular flexibility index (Phi) is 35.9. The van der Waals surface area contributed by atoms with Crippen molar-refractivity contribution in [3.63, 3.8) is 0 Å². The molecule has 0 radical (unpaired) electrons. The molecule has 8 fully saturated rings. The summed E-state index contributed by atoms with van der Waals surface area (Å²) in [7, 11) is 0. The number of ether oxygens (including phenoxy) is 16. The van der Waals surface area contributed by atoms with Gasteiger partial charge in [0.05, 0.1) is 72.1 Å².